The molecule has 0 saturated heterocycles. The minimum absolute atomic E-state index is 0.191. The molecule has 0 amide bonds. The number of nitrogens with zero attached hydrogens (tertiary/aromatic N) is 3. The quantitative estimate of drug-likeness (QED) is 0.341. The van der Waals surface area contributed by atoms with E-state index in [0.29, 0.717) is 5.75 Å². The van der Waals surface area contributed by atoms with Gasteiger partial charge < -0.3 is 9.26 Å². The zero-order valence-electron chi connectivity index (χ0n) is 10.00. The summed E-state index contributed by atoms with van der Waals surface area (Å²) < 4.78 is 76.5. The maximum absolute atomic E-state index is 14.2. The van der Waals surface area contributed by atoms with Crippen LogP contribution >= 0.6 is 36.4 Å². The molecule has 0 bridgehead atoms. The van der Waals surface area contributed by atoms with Crippen LogP contribution in [0.2, 0.25) is 5.02 Å². The van der Waals surface area contributed by atoms with Crippen LogP contribution in [0.15, 0.2) is 22.7 Å². The summed E-state index contributed by atoms with van der Waals surface area (Å²) >= 11 is 5.74. The van der Waals surface area contributed by atoms with Gasteiger partial charge in [-0.2, -0.15) is 8.39 Å². The number of halogens is 6. The van der Waals surface area contributed by atoms with E-state index < -0.39 is 39.9 Å². The summed E-state index contributed by atoms with van der Waals surface area (Å²) in [4.78, 5) is 0. The highest BCUT2D eigenvalue weighted by Crippen LogP contribution is 2.80. The Balaban J connectivity index is 2.35. The van der Waals surface area contributed by atoms with Gasteiger partial charge in [-0.1, -0.05) is 11.6 Å². The number of hydrogen-bond donors (Lipinski definition) is 0. The molecule has 21 heavy (non-hydrogen) atoms. The summed E-state index contributed by atoms with van der Waals surface area (Å²) in [6.07, 6.45) is 0. The zero-order chi connectivity index (χ0) is 15.8. The number of rotatable bonds is 3. The van der Waals surface area contributed by atoms with Crippen molar-refractivity contribution in [1.82, 2.24) is 9.33 Å². The minimum Gasteiger partial charge on any atom is -0.497 e. The molecule has 2 rings (SSSR count). The average molecular weight is 388 g/mol. The second-order valence-corrected chi connectivity index (χ2v) is 8.66. The van der Waals surface area contributed by atoms with Crippen molar-refractivity contribution < 1.29 is 30.8 Å². The molecular formula is C7H6ClF5N3O2P3. The van der Waals surface area contributed by atoms with Gasteiger partial charge in [0.05, 0.1) is 12.1 Å². The third kappa shape index (κ3) is 3.41. The summed E-state index contributed by atoms with van der Waals surface area (Å²) in [5.41, 5.74) is 0. The van der Waals surface area contributed by atoms with Gasteiger partial charge in [0.2, 0.25) is 0 Å². The topological polar surface area (TPSA) is 37.3 Å². The molecule has 3 atom stereocenters. The fraction of sp³-hybridized carbons (Fsp3) is 0.143. The predicted octanol–water partition coefficient (Wildman–Crippen LogP) is 6.42. The Kier molecular flexibility index (Phi) is 5.29. The summed E-state index contributed by atoms with van der Waals surface area (Å²) in [6, 6.07) is 3.63. The Morgan fingerprint density at radius 2 is 2.00 bits per heavy atom. The van der Waals surface area contributed by atoms with Crippen LogP contribution in [0.25, 0.3) is 0 Å². The van der Waals surface area contributed by atoms with E-state index in [0.717, 1.165) is 6.07 Å². The largest absolute Gasteiger partial charge is 0.497 e. The lowest BCUT2D eigenvalue weighted by atomic mass is 10.3. The molecule has 1 aromatic carbocycles. The average Bonchev–Trinajstić information content (AvgIpc) is 2.45. The number of ether oxygens (including phenoxy) is 1. The first-order chi connectivity index (χ1) is 9.78. The Hall–Kier alpha value is -0.230. The predicted molar refractivity (Wildman–Crippen MR) is 71.0 cm³/mol. The van der Waals surface area contributed by atoms with Crippen molar-refractivity contribution in [2.24, 2.45) is 4.52 Å². The summed E-state index contributed by atoms with van der Waals surface area (Å²) in [7, 11) is -11.5. The second-order valence-electron chi connectivity index (χ2n) is 3.41. The van der Waals surface area contributed by atoms with E-state index in [4.69, 9.17) is 16.3 Å². The fourth-order valence-electron chi connectivity index (χ4n) is 1.23. The van der Waals surface area contributed by atoms with Crippen molar-refractivity contribution in [3.63, 3.8) is 0 Å². The molecular weight excluding hydrogens is 381 g/mol. The van der Waals surface area contributed by atoms with Crippen molar-refractivity contribution in [2.45, 2.75) is 0 Å². The first-order valence-corrected chi connectivity index (χ1v) is 9.13. The van der Waals surface area contributed by atoms with Crippen LogP contribution in [0.5, 0.6) is 11.5 Å². The van der Waals surface area contributed by atoms with Gasteiger partial charge in [-0.05, 0) is 16.8 Å². The highest BCUT2D eigenvalue weighted by atomic mass is 35.5. The molecule has 1 aliphatic heterocycles. The van der Waals surface area contributed by atoms with Gasteiger partial charge in [0.15, 0.2) is 0 Å². The lowest BCUT2D eigenvalue weighted by molar-refractivity contribution is 0.176. The van der Waals surface area contributed by atoms with Crippen LogP contribution in [0.4, 0.5) is 21.6 Å². The molecule has 118 valence electrons. The van der Waals surface area contributed by atoms with E-state index in [1.54, 1.807) is 0 Å². The van der Waals surface area contributed by atoms with Crippen LogP contribution in [-0.2, 0) is 0 Å². The van der Waals surface area contributed by atoms with Crippen molar-refractivity contribution >= 4 is 36.4 Å². The zero-order valence-corrected chi connectivity index (χ0v) is 13.4. The smallest absolute Gasteiger partial charge is 0.424 e. The van der Waals surface area contributed by atoms with Crippen molar-refractivity contribution in [2.75, 3.05) is 7.11 Å². The van der Waals surface area contributed by atoms with Gasteiger partial charge in [0.1, 0.15) is 11.5 Å². The molecule has 0 radical (unpaired) electrons. The van der Waals surface area contributed by atoms with Crippen LogP contribution in [0.1, 0.15) is 0 Å². The standard InChI is InChI=1S/C7H6ClF5N3O2P3/c1-17-5-2-3-7(6(8)4-5)18-21(13)14-19(11)15(9)20(12)16(21)10/h2-4H,1H3. The SMILES string of the molecule is COc1ccc(OP2(F)=NP(F)N(F)P(F)N2F)c(Cl)c1. The first kappa shape index (κ1) is 17.1. The van der Waals surface area contributed by atoms with Crippen molar-refractivity contribution in [3.05, 3.63) is 23.2 Å². The van der Waals surface area contributed by atoms with Crippen LogP contribution in [0, 0.1) is 0 Å². The second kappa shape index (κ2) is 6.49. The molecule has 0 spiro atoms. The van der Waals surface area contributed by atoms with Crippen molar-refractivity contribution in [3.8, 4) is 11.5 Å². The maximum atomic E-state index is 14.2. The summed E-state index contributed by atoms with van der Waals surface area (Å²) in [5.74, 6) is -0.106. The molecule has 0 aliphatic carbocycles. The molecule has 1 aromatic rings. The lowest BCUT2D eigenvalue weighted by Gasteiger charge is -2.30. The third-order valence-electron chi connectivity index (χ3n) is 2.15. The van der Waals surface area contributed by atoms with Gasteiger partial charge in [0, 0.05) is 10.7 Å². The van der Waals surface area contributed by atoms with Gasteiger partial charge >= 0.3 is 24.8 Å². The lowest BCUT2D eigenvalue weighted by Crippen LogP contribution is -2.14. The molecule has 0 saturated carbocycles. The third-order valence-corrected chi connectivity index (χ3v) is 7.56. The van der Waals surface area contributed by atoms with E-state index >= 15 is 0 Å². The Morgan fingerprint density at radius 1 is 1.33 bits per heavy atom. The van der Waals surface area contributed by atoms with E-state index in [1.165, 1.54) is 19.2 Å². The van der Waals surface area contributed by atoms with Crippen molar-refractivity contribution in [1.29, 1.82) is 0 Å². The molecule has 0 aromatic heterocycles. The molecule has 14 heteroatoms. The number of benzene rings is 1. The molecule has 1 aliphatic rings. The Morgan fingerprint density at radius 3 is 2.57 bits per heavy atom. The highest BCUT2D eigenvalue weighted by Gasteiger charge is 2.52. The Bertz CT molecular complexity index is 599. The normalized spacial score (nSPS) is 30.8. The first-order valence-electron chi connectivity index (χ1n) is 4.97. The van der Waals surface area contributed by atoms with Gasteiger partial charge in [-0.15, -0.1) is 17.7 Å². The van der Waals surface area contributed by atoms with Gasteiger partial charge in [-0.3, -0.25) is 0 Å². The fourth-order valence-corrected chi connectivity index (χ4v) is 6.07. The van der Waals surface area contributed by atoms with Crippen LogP contribution in [-0.4, -0.2) is 16.4 Å². The molecule has 1 heterocycles. The minimum atomic E-state index is -5.18. The molecule has 0 N–H and O–H groups in total. The van der Waals surface area contributed by atoms with Gasteiger partial charge in [0.25, 0.3) is 0 Å². The summed E-state index contributed by atoms with van der Waals surface area (Å²) in [5, 5.41) is -0.191. The monoisotopic (exact) mass is 387 g/mol. The highest BCUT2D eigenvalue weighted by molar-refractivity contribution is 7.77. The van der Waals surface area contributed by atoms with E-state index in [9.17, 15) is 21.6 Å². The molecule has 5 nitrogen and oxygen atoms in total. The van der Waals surface area contributed by atoms with Gasteiger partial charge in [-0.25, -0.2) is 0 Å². The van der Waals surface area contributed by atoms with E-state index in [2.05, 4.69) is 9.04 Å². The number of hydrogen-bond acceptors (Lipinski definition) is 5. The molecule has 3 unspecified atom stereocenters. The number of methoxy groups -OCH3 is 1. The van der Waals surface area contributed by atoms with Crippen LogP contribution in [0.3, 0.4) is 0 Å². The maximum Gasteiger partial charge on any atom is 0.424 e. The molecule has 0 fully saturated rings. The summed E-state index contributed by atoms with van der Waals surface area (Å²) in [6.45, 7) is 0. The van der Waals surface area contributed by atoms with Crippen LogP contribution < -0.4 is 9.26 Å². The van der Waals surface area contributed by atoms with E-state index in [-0.39, 0.29) is 5.02 Å². The Labute approximate surface area is 123 Å². The van der Waals surface area contributed by atoms with E-state index in [1.807, 2.05) is 0 Å².